The number of rotatable bonds is 8. The van der Waals surface area contributed by atoms with Gasteiger partial charge >= 0.3 is 0 Å². The molecule has 156 valence electrons. The third-order valence-electron chi connectivity index (χ3n) is 5.52. The Kier molecular flexibility index (Phi) is 7.43. The second kappa shape index (κ2) is 10.0. The molecule has 0 spiro atoms. The predicted octanol–water partition coefficient (Wildman–Crippen LogP) is 3.64. The lowest BCUT2D eigenvalue weighted by molar-refractivity contribution is 0.0243. The molecule has 6 nitrogen and oxygen atoms in total. The zero-order chi connectivity index (χ0) is 19.8. The Morgan fingerprint density at radius 1 is 1.21 bits per heavy atom. The highest BCUT2D eigenvalue weighted by Crippen LogP contribution is 2.32. The quantitative estimate of drug-likeness (QED) is 0.525. The molecule has 2 fully saturated rings. The fourth-order valence-corrected chi connectivity index (χ4v) is 3.86. The summed E-state index contributed by atoms with van der Waals surface area (Å²) in [6, 6.07) is 6.09. The van der Waals surface area contributed by atoms with Crippen molar-refractivity contribution in [3.05, 3.63) is 23.8 Å². The van der Waals surface area contributed by atoms with Crippen molar-refractivity contribution in [2.24, 2.45) is 4.99 Å². The van der Waals surface area contributed by atoms with Crippen LogP contribution >= 0.6 is 0 Å². The first-order valence-electron chi connectivity index (χ1n) is 10.6. The van der Waals surface area contributed by atoms with Crippen molar-refractivity contribution in [1.29, 1.82) is 0 Å². The number of benzene rings is 1. The van der Waals surface area contributed by atoms with E-state index in [0.717, 1.165) is 68.4 Å². The first-order valence-corrected chi connectivity index (χ1v) is 10.6. The van der Waals surface area contributed by atoms with Gasteiger partial charge in [0.15, 0.2) is 17.5 Å². The monoisotopic (exact) mass is 389 g/mol. The van der Waals surface area contributed by atoms with Crippen molar-refractivity contribution in [2.45, 2.75) is 70.6 Å². The number of aliphatic imine (C=N–C) groups is 1. The zero-order valence-electron chi connectivity index (χ0n) is 17.6. The van der Waals surface area contributed by atoms with E-state index >= 15 is 0 Å². The van der Waals surface area contributed by atoms with Crippen molar-refractivity contribution < 1.29 is 14.2 Å². The molecule has 28 heavy (non-hydrogen) atoms. The molecule has 0 aromatic heterocycles. The molecule has 1 atom stereocenters. The van der Waals surface area contributed by atoms with Gasteiger partial charge in [-0.25, -0.2) is 4.99 Å². The van der Waals surface area contributed by atoms with E-state index in [-0.39, 0.29) is 5.60 Å². The lowest BCUT2D eigenvalue weighted by Gasteiger charge is -2.24. The van der Waals surface area contributed by atoms with Gasteiger partial charge in [-0.1, -0.05) is 6.07 Å². The van der Waals surface area contributed by atoms with Gasteiger partial charge in [0.25, 0.3) is 0 Å². The maximum Gasteiger partial charge on any atom is 0.191 e. The van der Waals surface area contributed by atoms with E-state index in [9.17, 15) is 0 Å². The van der Waals surface area contributed by atoms with Gasteiger partial charge in [-0.2, -0.15) is 0 Å². The molecule has 1 aliphatic heterocycles. The van der Waals surface area contributed by atoms with Gasteiger partial charge in [-0.3, -0.25) is 0 Å². The lowest BCUT2D eigenvalue weighted by atomic mass is 10.0. The maximum absolute atomic E-state index is 6.20. The number of hydrogen-bond donors (Lipinski definition) is 2. The van der Waals surface area contributed by atoms with Gasteiger partial charge in [0.1, 0.15) is 0 Å². The SMILES string of the molecule is CCNC(=NCc1ccc(OC)c(OC2CCCC2)c1)NCC1(C)CCCO1. The van der Waals surface area contributed by atoms with Crippen molar-refractivity contribution in [1.82, 2.24) is 10.6 Å². The number of ether oxygens (including phenoxy) is 3. The number of nitrogens with zero attached hydrogens (tertiary/aromatic N) is 1. The average molecular weight is 390 g/mol. The zero-order valence-corrected chi connectivity index (χ0v) is 17.6. The maximum atomic E-state index is 6.20. The summed E-state index contributed by atoms with van der Waals surface area (Å²) in [5, 5.41) is 6.74. The van der Waals surface area contributed by atoms with Gasteiger partial charge < -0.3 is 24.8 Å². The summed E-state index contributed by atoms with van der Waals surface area (Å²) < 4.78 is 17.5. The Bertz CT molecular complexity index is 650. The van der Waals surface area contributed by atoms with Crippen LogP contribution in [0.1, 0.15) is 57.9 Å². The molecule has 1 saturated carbocycles. The van der Waals surface area contributed by atoms with Crippen LogP contribution in [0.25, 0.3) is 0 Å². The number of nitrogens with one attached hydrogen (secondary N) is 2. The van der Waals surface area contributed by atoms with E-state index in [0.29, 0.717) is 12.6 Å². The molecule has 0 amide bonds. The fourth-order valence-electron chi connectivity index (χ4n) is 3.86. The molecule has 1 aromatic rings. The standard InChI is InChI=1S/C22H35N3O3/c1-4-23-21(25-16-22(2)12-7-13-27-22)24-15-17-10-11-19(26-3)20(14-17)28-18-8-5-6-9-18/h10-11,14,18H,4-9,12-13,15-16H2,1-3H3,(H2,23,24,25). The summed E-state index contributed by atoms with van der Waals surface area (Å²) in [7, 11) is 1.69. The second-order valence-electron chi connectivity index (χ2n) is 7.96. The Balaban J connectivity index is 1.63. The van der Waals surface area contributed by atoms with E-state index in [1.54, 1.807) is 7.11 Å². The Morgan fingerprint density at radius 3 is 2.71 bits per heavy atom. The van der Waals surface area contributed by atoms with Crippen LogP contribution in [0.3, 0.4) is 0 Å². The summed E-state index contributed by atoms with van der Waals surface area (Å²) in [6.45, 7) is 7.25. The highest BCUT2D eigenvalue weighted by molar-refractivity contribution is 5.79. The van der Waals surface area contributed by atoms with Gasteiger partial charge in [0, 0.05) is 19.7 Å². The van der Waals surface area contributed by atoms with Crippen molar-refractivity contribution in [2.75, 3.05) is 26.8 Å². The van der Waals surface area contributed by atoms with Gasteiger partial charge in [0.05, 0.1) is 25.4 Å². The smallest absolute Gasteiger partial charge is 0.191 e. The van der Waals surface area contributed by atoms with Crippen LogP contribution in [0, 0.1) is 0 Å². The van der Waals surface area contributed by atoms with Crippen LogP contribution in [0.5, 0.6) is 11.5 Å². The van der Waals surface area contributed by atoms with E-state index in [4.69, 9.17) is 19.2 Å². The molecule has 0 bridgehead atoms. The van der Waals surface area contributed by atoms with Crippen LogP contribution < -0.4 is 20.1 Å². The van der Waals surface area contributed by atoms with E-state index in [2.05, 4.69) is 36.6 Å². The first-order chi connectivity index (χ1) is 13.6. The van der Waals surface area contributed by atoms with Crippen LogP contribution in [-0.2, 0) is 11.3 Å². The second-order valence-corrected chi connectivity index (χ2v) is 7.96. The summed E-state index contributed by atoms with van der Waals surface area (Å²) in [5.74, 6) is 2.43. The van der Waals surface area contributed by atoms with Crippen LogP contribution in [0.4, 0.5) is 0 Å². The lowest BCUT2D eigenvalue weighted by Crippen LogP contribution is -2.45. The van der Waals surface area contributed by atoms with Gasteiger partial charge in [0.2, 0.25) is 0 Å². The molecular weight excluding hydrogens is 354 g/mol. The fraction of sp³-hybridized carbons (Fsp3) is 0.682. The highest BCUT2D eigenvalue weighted by Gasteiger charge is 2.29. The van der Waals surface area contributed by atoms with Gasteiger partial charge in [-0.05, 0) is 70.1 Å². The minimum Gasteiger partial charge on any atom is -0.493 e. The van der Waals surface area contributed by atoms with Crippen LogP contribution in [0.2, 0.25) is 0 Å². The largest absolute Gasteiger partial charge is 0.493 e. The molecule has 3 rings (SSSR count). The predicted molar refractivity (Wildman–Crippen MR) is 112 cm³/mol. The third-order valence-corrected chi connectivity index (χ3v) is 5.52. The topological polar surface area (TPSA) is 64.1 Å². The molecule has 1 heterocycles. The minimum absolute atomic E-state index is 0.0986. The first kappa shape index (κ1) is 20.8. The molecule has 6 heteroatoms. The van der Waals surface area contributed by atoms with E-state index < -0.39 is 0 Å². The summed E-state index contributed by atoms with van der Waals surface area (Å²) in [6.07, 6.45) is 7.26. The molecule has 1 aromatic carbocycles. The molecule has 1 unspecified atom stereocenters. The average Bonchev–Trinajstić information content (AvgIpc) is 3.36. The minimum atomic E-state index is -0.0986. The van der Waals surface area contributed by atoms with Crippen molar-refractivity contribution in [3.8, 4) is 11.5 Å². The normalized spacial score (nSPS) is 23.0. The molecule has 2 N–H and O–H groups in total. The Morgan fingerprint density at radius 2 is 2.04 bits per heavy atom. The number of methoxy groups -OCH3 is 1. The number of hydrogen-bond acceptors (Lipinski definition) is 4. The van der Waals surface area contributed by atoms with Crippen molar-refractivity contribution >= 4 is 5.96 Å². The van der Waals surface area contributed by atoms with E-state index in [1.807, 2.05) is 6.07 Å². The molecule has 1 aliphatic carbocycles. The van der Waals surface area contributed by atoms with Crippen LogP contribution in [0.15, 0.2) is 23.2 Å². The summed E-state index contributed by atoms with van der Waals surface area (Å²) in [4.78, 5) is 4.75. The molecule has 1 saturated heterocycles. The van der Waals surface area contributed by atoms with Crippen molar-refractivity contribution in [3.63, 3.8) is 0 Å². The van der Waals surface area contributed by atoms with E-state index in [1.165, 1.54) is 12.8 Å². The van der Waals surface area contributed by atoms with Crippen LogP contribution in [-0.4, -0.2) is 44.5 Å². The summed E-state index contributed by atoms with van der Waals surface area (Å²) in [5.41, 5.74) is 1.01. The van der Waals surface area contributed by atoms with Gasteiger partial charge in [-0.15, -0.1) is 0 Å². The number of guanidine groups is 1. The third kappa shape index (κ3) is 5.77. The Labute approximate surface area is 169 Å². The molecule has 2 aliphatic rings. The summed E-state index contributed by atoms with van der Waals surface area (Å²) >= 11 is 0. The molecule has 0 radical (unpaired) electrons. The Hall–Kier alpha value is -1.95. The highest BCUT2D eigenvalue weighted by atomic mass is 16.5. The molecular formula is C22H35N3O3.